The monoisotopic (exact) mass is 622 g/mol. The normalized spacial score (nSPS) is 14.0. The fraction of sp³-hybridized carbons (Fsp3) is 0.375. The van der Waals surface area contributed by atoms with Crippen LogP contribution < -0.4 is 15.4 Å². The van der Waals surface area contributed by atoms with E-state index in [0.29, 0.717) is 47.9 Å². The lowest BCUT2D eigenvalue weighted by Crippen LogP contribution is -2.42. The van der Waals surface area contributed by atoms with Gasteiger partial charge in [0.1, 0.15) is 5.60 Å². The fourth-order valence-corrected chi connectivity index (χ4v) is 5.52. The third kappa shape index (κ3) is 6.72. The van der Waals surface area contributed by atoms with E-state index in [1.54, 1.807) is 29.1 Å². The van der Waals surface area contributed by atoms with Crippen molar-refractivity contribution in [3.05, 3.63) is 70.9 Å². The number of anilines is 2. The highest BCUT2D eigenvalue weighted by atomic mass is 35.5. The molecule has 0 spiro atoms. The first kappa shape index (κ1) is 31.1. The van der Waals surface area contributed by atoms with Crippen LogP contribution in [0.4, 0.5) is 20.7 Å². The lowest BCUT2D eigenvalue weighted by molar-refractivity contribution is 0.0500. The summed E-state index contributed by atoms with van der Waals surface area (Å²) in [7, 11) is 1.38. The third-order valence-corrected chi connectivity index (χ3v) is 7.90. The van der Waals surface area contributed by atoms with Crippen molar-refractivity contribution in [2.45, 2.75) is 46.1 Å². The average Bonchev–Trinajstić information content (AvgIpc) is 3.41. The van der Waals surface area contributed by atoms with E-state index in [9.17, 15) is 14.0 Å². The predicted octanol–water partition coefficient (Wildman–Crippen LogP) is 6.63. The number of imidazole rings is 1. The molecule has 10 nitrogen and oxygen atoms in total. The first-order valence-corrected chi connectivity index (χ1v) is 14.8. The molecule has 1 saturated heterocycles. The first-order chi connectivity index (χ1) is 20.9. The summed E-state index contributed by atoms with van der Waals surface area (Å²) in [4.78, 5) is 36.2. The summed E-state index contributed by atoms with van der Waals surface area (Å²) < 4.78 is 26.7. The van der Waals surface area contributed by atoms with E-state index in [4.69, 9.17) is 21.1 Å². The first-order valence-electron chi connectivity index (χ1n) is 14.4. The van der Waals surface area contributed by atoms with Gasteiger partial charge in [-0.25, -0.2) is 19.2 Å². The Morgan fingerprint density at radius 2 is 1.89 bits per heavy atom. The summed E-state index contributed by atoms with van der Waals surface area (Å²) >= 11 is 6.33. The van der Waals surface area contributed by atoms with E-state index in [1.165, 1.54) is 13.2 Å². The Labute approximate surface area is 260 Å². The van der Waals surface area contributed by atoms with Crippen LogP contribution >= 0.6 is 11.6 Å². The summed E-state index contributed by atoms with van der Waals surface area (Å²) in [5.74, 6) is 0.181. The Kier molecular flexibility index (Phi) is 8.96. The predicted molar refractivity (Wildman–Crippen MR) is 167 cm³/mol. The van der Waals surface area contributed by atoms with Crippen LogP contribution in [0.2, 0.25) is 5.02 Å². The SMILES string of the molecule is COc1ccc(-c2cnc3c(Nc4ccc(C(=O)N5CCC(CNC(=O)OC(C)(C)C)CC5)c(C)c4)nccn23)c(Cl)c1F. The van der Waals surface area contributed by atoms with Crippen LogP contribution in [0.1, 0.15) is 49.5 Å². The van der Waals surface area contributed by atoms with Crippen LogP contribution in [0.25, 0.3) is 16.9 Å². The number of hydrogen-bond acceptors (Lipinski definition) is 7. The van der Waals surface area contributed by atoms with E-state index in [2.05, 4.69) is 20.6 Å². The lowest BCUT2D eigenvalue weighted by Gasteiger charge is -2.32. The van der Waals surface area contributed by atoms with Gasteiger partial charge in [0.25, 0.3) is 5.91 Å². The zero-order chi connectivity index (χ0) is 31.6. The van der Waals surface area contributed by atoms with E-state index < -0.39 is 17.5 Å². The fourth-order valence-electron chi connectivity index (χ4n) is 5.26. The Balaban J connectivity index is 1.24. The lowest BCUT2D eigenvalue weighted by atomic mass is 9.96. The van der Waals surface area contributed by atoms with Crippen LogP contribution in [0.15, 0.2) is 48.9 Å². The minimum atomic E-state index is -0.640. The van der Waals surface area contributed by atoms with Gasteiger partial charge in [-0.05, 0) is 82.3 Å². The largest absolute Gasteiger partial charge is 0.494 e. The van der Waals surface area contributed by atoms with E-state index in [-0.39, 0.29) is 22.6 Å². The van der Waals surface area contributed by atoms with Crippen molar-refractivity contribution >= 4 is 40.8 Å². The number of nitrogens with one attached hydrogen (secondary N) is 2. The van der Waals surface area contributed by atoms with Gasteiger partial charge in [0.15, 0.2) is 23.0 Å². The number of alkyl carbamates (subject to hydrolysis) is 1. The minimum absolute atomic E-state index is 0.0191. The summed E-state index contributed by atoms with van der Waals surface area (Å²) in [6.07, 6.45) is 6.14. The second-order valence-corrected chi connectivity index (χ2v) is 12.2. The smallest absolute Gasteiger partial charge is 0.407 e. The number of methoxy groups -OCH3 is 1. The Morgan fingerprint density at radius 3 is 2.57 bits per heavy atom. The molecule has 2 amide bonds. The molecule has 0 aliphatic carbocycles. The number of carbonyl (C=O) groups excluding carboxylic acids is 2. The van der Waals surface area contributed by atoms with Crippen molar-refractivity contribution in [1.29, 1.82) is 0 Å². The standard InChI is InChI=1S/C32H36ClFN6O4/c1-19-16-21(6-7-22(19)30(41)39-13-10-20(11-14-39)17-37-31(42)44-32(2,3)4)38-28-29-36-18-24(40(29)15-12-35-28)23-8-9-25(43-5)27(34)26(23)33/h6-9,12,15-16,18,20H,10-11,13-14,17H2,1-5H3,(H,35,38)(H,37,42). The number of amides is 2. The van der Waals surface area contributed by atoms with Crippen molar-refractivity contribution in [3.63, 3.8) is 0 Å². The molecular weight excluding hydrogens is 587 g/mol. The molecule has 5 rings (SSSR count). The molecule has 3 heterocycles. The number of aromatic nitrogens is 3. The molecule has 1 fully saturated rings. The highest BCUT2D eigenvalue weighted by Crippen LogP contribution is 2.36. The molecule has 12 heteroatoms. The van der Waals surface area contributed by atoms with Gasteiger partial charge in [-0.3, -0.25) is 9.20 Å². The van der Waals surface area contributed by atoms with Crippen molar-refractivity contribution in [2.24, 2.45) is 5.92 Å². The Hall–Kier alpha value is -4.38. The molecule has 1 aliphatic rings. The molecule has 1 aliphatic heterocycles. The highest BCUT2D eigenvalue weighted by Gasteiger charge is 2.26. The van der Waals surface area contributed by atoms with Gasteiger partial charge in [0.05, 0.1) is 24.0 Å². The number of halogens is 2. The number of benzene rings is 2. The van der Waals surface area contributed by atoms with Crippen molar-refractivity contribution in [3.8, 4) is 17.0 Å². The molecule has 2 aromatic heterocycles. The van der Waals surface area contributed by atoms with Crippen LogP contribution in [0, 0.1) is 18.7 Å². The quantitative estimate of drug-likeness (QED) is 0.238. The molecular formula is C32H36ClFN6O4. The number of hydrogen-bond donors (Lipinski definition) is 2. The number of carbonyl (C=O) groups is 2. The number of ether oxygens (including phenoxy) is 2. The number of fused-ring (bicyclic) bond motifs is 1. The molecule has 0 bridgehead atoms. The molecule has 2 N–H and O–H groups in total. The van der Waals surface area contributed by atoms with Crippen molar-refractivity contribution in [1.82, 2.24) is 24.6 Å². The maximum atomic E-state index is 14.6. The van der Waals surface area contributed by atoms with E-state index in [0.717, 1.165) is 24.1 Å². The summed E-state index contributed by atoms with van der Waals surface area (Å²) in [6.45, 7) is 9.16. The minimum Gasteiger partial charge on any atom is -0.494 e. The third-order valence-electron chi connectivity index (χ3n) is 7.53. The molecule has 0 radical (unpaired) electrons. The maximum absolute atomic E-state index is 14.6. The van der Waals surface area contributed by atoms with Gasteiger partial charge in [0.2, 0.25) is 0 Å². The van der Waals surface area contributed by atoms with Gasteiger partial charge in [-0.1, -0.05) is 11.6 Å². The summed E-state index contributed by atoms with van der Waals surface area (Å²) in [5.41, 5.74) is 3.25. The Bertz CT molecular complexity index is 1690. The number of nitrogens with zero attached hydrogens (tertiary/aromatic N) is 4. The molecule has 2 aromatic carbocycles. The summed E-state index contributed by atoms with van der Waals surface area (Å²) in [6, 6.07) is 8.75. The molecule has 44 heavy (non-hydrogen) atoms. The van der Waals surface area contributed by atoms with Crippen LogP contribution in [-0.2, 0) is 4.74 Å². The van der Waals surface area contributed by atoms with Crippen LogP contribution in [0.3, 0.4) is 0 Å². The van der Waals surface area contributed by atoms with Gasteiger partial charge in [-0.2, -0.15) is 0 Å². The van der Waals surface area contributed by atoms with E-state index >= 15 is 0 Å². The van der Waals surface area contributed by atoms with Crippen LogP contribution in [0.5, 0.6) is 5.75 Å². The number of piperidine rings is 1. The van der Waals surface area contributed by atoms with E-state index in [1.807, 2.05) is 50.8 Å². The molecule has 0 atom stereocenters. The maximum Gasteiger partial charge on any atom is 0.407 e. The summed E-state index contributed by atoms with van der Waals surface area (Å²) in [5, 5.41) is 6.08. The van der Waals surface area contributed by atoms with Crippen LogP contribution in [-0.4, -0.2) is 63.6 Å². The second-order valence-electron chi connectivity index (χ2n) is 11.8. The highest BCUT2D eigenvalue weighted by molar-refractivity contribution is 6.33. The molecule has 0 saturated carbocycles. The topological polar surface area (TPSA) is 110 Å². The zero-order valence-electron chi connectivity index (χ0n) is 25.4. The van der Waals surface area contributed by atoms with Gasteiger partial charge < -0.3 is 25.0 Å². The van der Waals surface area contributed by atoms with Gasteiger partial charge in [0, 0.05) is 48.8 Å². The second kappa shape index (κ2) is 12.7. The number of aryl methyl sites for hydroxylation is 1. The van der Waals surface area contributed by atoms with Gasteiger partial charge >= 0.3 is 6.09 Å². The molecule has 4 aromatic rings. The zero-order valence-corrected chi connectivity index (χ0v) is 26.2. The number of rotatable bonds is 7. The molecule has 0 unspecified atom stereocenters. The van der Waals surface area contributed by atoms with Gasteiger partial charge in [-0.15, -0.1) is 0 Å². The van der Waals surface area contributed by atoms with Crippen molar-refractivity contribution in [2.75, 3.05) is 32.1 Å². The molecule has 232 valence electrons. The number of likely N-dealkylation sites (tertiary alicyclic amines) is 1. The Morgan fingerprint density at radius 1 is 1.14 bits per heavy atom. The van der Waals surface area contributed by atoms with Crippen molar-refractivity contribution < 1.29 is 23.5 Å². The average molecular weight is 623 g/mol.